The molecule has 0 unspecified atom stereocenters. The van der Waals surface area contributed by atoms with Crippen molar-refractivity contribution in [2.24, 2.45) is 0 Å². The maximum atomic E-state index is 9.84. The first-order valence-electron chi connectivity index (χ1n) is 2.73. The van der Waals surface area contributed by atoms with E-state index in [4.69, 9.17) is 5.11 Å². The molecule has 0 atom stereocenters. The Balaban J connectivity index is 3.31. The van der Waals surface area contributed by atoms with Crippen molar-refractivity contribution in [3.8, 4) is 0 Å². The molecule has 9 heavy (non-hydrogen) atoms. The third-order valence-electron chi connectivity index (χ3n) is 0.764. The fourth-order valence-corrected chi connectivity index (χ4v) is 0.342. The molecule has 0 aliphatic carbocycles. The zero-order valence-corrected chi connectivity index (χ0v) is 5.64. The van der Waals surface area contributed by atoms with Gasteiger partial charge in [-0.1, -0.05) is 11.6 Å². The minimum Gasteiger partial charge on any atom is -0.465 e. The molecule has 3 nitrogen and oxygen atoms in total. The van der Waals surface area contributed by atoms with Crippen molar-refractivity contribution in [1.29, 1.82) is 0 Å². The van der Waals surface area contributed by atoms with Crippen LogP contribution in [0.4, 0.5) is 4.79 Å². The van der Waals surface area contributed by atoms with Crippen LogP contribution in [0.3, 0.4) is 0 Å². The van der Waals surface area contributed by atoms with Gasteiger partial charge in [0.25, 0.3) is 0 Å². The fraction of sp³-hybridized carbons (Fsp3) is 0.500. The molecule has 0 aliphatic heterocycles. The van der Waals surface area contributed by atoms with Crippen molar-refractivity contribution in [1.82, 2.24) is 5.32 Å². The van der Waals surface area contributed by atoms with Gasteiger partial charge in [-0.15, -0.1) is 0 Å². The Hall–Kier alpha value is -0.990. The molecule has 0 saturated heterocycles. The zero-order valence-electron chi connectivity index (χ0n) is 5.64. The molecule has 0 spiro atoms. The summed E-state index contributed by atoms with van der Waals surface area (Å²) in [5, 5.41) is 10.3. The van der Waals surface area contributed by atoms with Crippen LogP contribution in [-0.2, 0) is 0 Å². The average Bonchev–Trinajstić information content (AvgIpc) is 1.63. The quantitative estimate of drug-likeness (QED) is 0.551. The molecule has 52 valence electrons. The molecule has 3 heteroatoms. The van der Waals surface area contributed by atoms with Crippen LogP contribution in [0, 0.1) is 0 Å². The summed E-state index contributed by atoms with van der Waals surface area (Å²) in [6.07, 6.45) is 0.834. The smallest absolute Gasteiger partial charge is 0.404 e. The van der Waals surface area contributed by atoms with Crippen LogP contribution in [0.1, 0.15) is 13.8 Å². The van der Waals surface area contributed by atoms with Gasteiger partial charge in [-0.25, -0.2) is 4.79 Å². The first-order valence-corrected chi connectivity index (χ1v) is 2.73. The number of rotatable bonds is 2. The van der Waals surface area contributed by atoms with Gasteiger partial charge >= 0.3 is 6.09 Å². The maximum Gasteiger partial charge on any atom is 0.404 e. The second-order valence-electron chi connectivity index (χ2n) is 1.97. The lowest BCUT2D eigenvalue weighted by atomic mass is 10.3. The van der Waals surface area contributed by atoms with Crippen molar-refractivity contribution in [2.45, 2.75) is 13.8 Å². The van der Waals surface area contributed by atoms with Gasteiger partial charge in [-0.2, -0.15) is 0 Å². The Kier molecular flexibility index (Phi) is 3.51. The highest BCUT2D eigenvalue weighted by Gasteiger charge is 1.87. The number of carboxylic acid groups (broad SMARTS) is 1. The van der Waals surface area contributed by atoms with Crippen molar-refractivity contribution < 1.29 is 9.90 Å². The van der Waals surface area contributed by atoms with Gasteiger partial charge in [0.2, 0.25) is 0 Å². The van der Waals surface area contributed by atoms with E-state index in [9.17, 15) is 4.79 Å². The van der Waals surface area contributed by atoms with E-state index in [1.54, 1.807) is 0 Å². The van der Waals surface area contributed by atoms with Gasteiger partial charge in [-0.3, -0.25) is 0 Å². The minimum atomic E-state index is -0.979. The highest BCUT2D eigenvalue weighted by molar-refractivity contribution is 5.64. The molecule has 0 radical (unpaired) electrons. The Morgan fingerprint density at radius 1 is 1.67 bits per heavy atom. The molecule has 0 aromatic rings. The van der Waals surface area contributed by atoms with Gasteiger partial charge < -0.3 is 10.4 Å². The van der Waals surface area contributed by atoms with Crippen molar-refractivity contribution in [3.63, 3.8) is 0 Å². The highest BCUT2D eigenvalue weighted by atomic mass is 16.4. The average molecular weight is 129 g/mol. The van der Waals surface area contributed by atoms with E-state index in [-0.39, 0.29) is 0 Å². The standard InChI is InChI=1S/C6H11NO2/c1-5(2)3-4-7-6(8)9/h3,7H,4H2,1-2H3,(H,8,9). The SMILES string of the molecule is CC(C)=CCNC(=O)O. The molecule has 0 aromatic heterocycles. The van der Waals surface area contributed by atoms with Crippen molar-refractivity contribution >= 4 is 6.09 Å². The normalized spacial score (nSPS) is 8.22. The van der Waals surface area contributed by atoms with E-state index >= 15 is 0 Å². The lowest BCUT2D eigenvalue weighted by molar-refractivity contribution is 0.195. The molecule has 0 heterocycles. The van der Waals surface area contributed by atoms with Crippen LogP contribution >= 0.6 is 0 Å². The van der Waals surface area contributed by atoms with Crippen LogP contribution in [-0.4, -0.2) is 17.7 Å². The molecule has 0 saturated carbocycles. The number of hydrogen-bond donors (Lipinski definition) is 2. The molecule has 2 N–H and O–H groups in total. The zero-order chi connectivity index (χ0) is 7.28. The van der Waals surface area contributed by atoms with Gasteiger partial charge in [0.05, 0.1) is 0 Å². The summed E-state index contributed by atoms with van der Waals surface area (Å²) in [6, 6.07) is 0. The van der Waals surface area contributed by atoms with E-state index in [1.165, 1.54) is 0 Å². The Morgan fingerprint density at radius 3 is 2.56 bits per heavy atom. The number of carbonyl (C=O) groups is 1. The molecule has 0 bridgehead atoms. The van der Waals surface area contributed by atoms with Crippen LogP contribution in [0.5, 0.6) is 0 Å². The van der Waals surface area contributed by atoms with Crippen molar-refractivity contribution in [3.05, 3.63) is 11.6 Å². The van der Waals surface area contributed by atoms with E-state index in [2.05, 4.69) is 5.32 Å². The summed E-state index contributed by atoms with van der Waals surface area (Å²) in [7, 11) is 0. The lowest BCUT2D eigenvalue weighted by Crippen LogP contribution is -2.20. The van der Waals surface area contributed by atoms with Crippen LogP contribution in [0.25, 0.3) is 0 Å². The van der Waals surface area contributed by atoms with Gasteiger partial charge in [0.15, 0.2) is 0 Å². The Bertz CT molecular complexity index is 125. The second-order valence-corrected chi connectivity index (χ2v) is 1.97. The van der Waals surface area contributed by atoms with E-state index in [0.29, 0.717) is 6.54 Å². The predicted molar refractivity (Wildman–Crippen MR) is 35.5 cm³/mol. The fourth-order valence-electron chi connectivity index (χ4n) is 0.342. The van der Waals surface area contributed by atoms with Gasteiger partial charge in [0, 0.05) is 6.54 Å². The molecule has 0 aromatic carbocycles. The summed E-state index contributed by atoms with van der Waals surface area (Å²) in [5.41, 5.74) is 1.11. The first kappa shape index (κ1) is 8.01. The molecule has 1 amide bonds. The van der Waals surface area contributed by atoms with Crippen LogP contribution in [0.15, 0.2) is 11.6 Å². The Morgan fingerprint density at radius 2 is 2.22 bits per heavy atom. The Labute approximate surface area is 54.4 Å². The molecule has 0 fully saturated rings. The van der Waals surface area contributed by atoms with E-state index in [0.717, 1.165) is 5.57 Å². The molecular weight excluding hydrogens is 118 g/mol. The van der Waals surface area contributed by atoms with Crippen LogP contribution < -0.4 is 5.32 Å². The monoisotopic (exact) mass is 129 g/mol. The summed E-state index contributed by atoms with van der Waals surface area (Å²) in [5.74, 6) is 0. The number of hydrogen-bond acceptors (Lipinski definition) is 1. The molecular formula is C6H11NO2. The van der Waals surface area contributed by atoms with Gasteiger partial charge in [-0.05, 0) is 13.8 Å². The predicted octanol–water partition coefficient (Wildman–Crippen LogP) is 1.22. The van der Waals surface area contributed by atoms with Crippen molar-refractivity contribution in [2.75, 3.05) is 6.54 Å². The third kappa shape index (κ3) is 7.01. The van der Waals surface area contributed by atoms with E-state index in [1.807, 2.05) is 19.9 Å². The number of nitrogens with one attached hydrogen (secondary N) is 1. The molecule has 0 rings (SSSR count). The number of allylic oxidation sites excluding steroid dienone is 1. The first-order chi connectivity index (χ1) is 4.13. The second kappa shape index (κ2) is 3.95. The molecule has 0 aliphatic rings. The summed E-state index contributed by atoms with van der Waals surface area (Å²) < 4.78 is 0. The summed E-state index contributed by atoms with van der Waals surface area (Å²) >= 11 is 0. The lowest BCUT2D eigenvalue weighted by Gasteiger charge is -1.93. The van der Waals surface area contributed by atoms with Crippen LogP contribution in [0.2, 0.25) is 0 Å². The maximum absolute atomic E-state index is 9.84. The van der Waals surface area contributed by atoms with E-state index < -0.39 is 6.09 Å². The number of amides is 1. The minimum absolute atomic E-state index is 0.400. The highest BCUT2D eigenvalue weighted by Crippen LogP contribution is 1.84. The topological polar surface area (TPSA) is 49.3 Å². The van der Waals surface area contributed by atoms with Gasteiger partial charge in [0.1, 0.15) is 0 Å². The summed E-state index contributed by atoms with van der Waals surface area (Å²) in [6.45, 7) is 4.24. The largest absolute Gasteiger partial charge is 0.465 e. The third-order valence-corrected chi connectivity index (χ3v) is 0.764. The summed E-state index contributed by atoms with van der Waals surface area (Å²) in [4.78, 5) is 9.84.